The van der Waals surface area contributed by atoms with E-state index in [1.54, 1.807) is 11.0 Å². The SMILES string of the molecule is O=C(c1cnccn1)N1CCc2[nH]c3ccc(F)cc3c2C1. The molecule has 1 aliphatic rings. The van der Waals surface area contributed by atoms with Crippen LogP contribution >= 0.6 is 0 Å². The second-order valence-corrected chi connectivity index (χ2v) is 5.34. The molecule has 0 unspecified atom stereocenters. The number of aromatic nitrogens is 3. The molecular formula is C16H13FN4O. The Balaban J connectivity index is 1.70. The average Bonchev–Trinajstić information content (AvgIpc) is 2.92. The molecule has 1 aromatic carbocycles. The summed E-state index contributed by atoms with van der Waals surface area (Å²) in [4.78, 5) is 25.5. The number of carbonyl (C=O) groups is 1. The smallest absolute Gasteiger partial charge is 0.274 e. The fourth-order valence-corrected chi connectivity index (χ4v) is 2.93. The van der Waals surface area contributed by atoms with Gasteiger partial charge in [0.05, 0.1) is 6.20 Å². The minimum absolute atomic E-state index is 0.149. The monoisotopic (exact) mass is 296 g/mol. The third-order valence-electron chi connectivity index (χ3n) is 4.01. The van der Waals surface area contributed by atoms with Crippen LogP contribution in [0.1, 0.15) is 21.7 Å². The Hall–Kier alpha value is -2.76. The van der Waals surface area contributed by atoms with Gasteiger partial charge in [-0.15, -0.1) is 0 Å². The zero-order chi connectivity index (χ0) is 15.1. The lowest BCUT2D eigenvalue weighted by Crippen LogP contribution is -2.36. The van der Waals surface area contributed by atoms with Gasteiger partial charge in [-0.05, 0) is 18.2 Å². The lowest BCUT2D eigenvalue weighted by atomic mass is 10.0. The van der Waals surface area contributed by atoms with E-state index in [-0.39, 0.29) is 11.7 Å². The molecule has 4 rings (SSSR count). The molecule has 3 heterocycles. The molecule has 1 N–H and O–H groups in total. The van der Waals surface area contributed by atoms with Crippen LogP contribution in [0.4, 0.5) is 4.39 Å². The zero-order valence-electron chi connectivity index (χ0n) is 11.7. The zero-order valence-corrected chi connectivity index (χ0v) is 11.7. The Bertz CT molecular complexity index is 859. The van der Waals surface area contributed by atoms with Crippen LogP contribution in [-0.4, -0.2) is 32.3 Å². The van der Waals surface area contributed by atoms with E-state index in [2.05, 4.69) is 15.0 Å². The first-order valence-corrected chi connectivity index (χ1v) is 7.06. The molecule has 22 heavy (non-hydrogen) atoms. The van der Waals surface area contributed by atoms with Crippen LogP contribution in [0.25, 0.3) is 10.9 Å². The highest BCUT2D eigenvalue weighted by atomic mass is 19.1. The van der Waals surface area contributed by atoms with Crippen molar-refractivity contribution in [3.05, 3.63) is 59.6 Å². The van der Waals surface area contributed by atoms with Gasteiger partial charge < -0.3 is 9.88 Å². The van der Waals surface area contributed by atoms with E-state index >= 15 is 0 Å². The quantitative estimate of drug-likeness (QED) is 0.749. The van der Waals surface area contributed by atoms with Crippen molar-refractivity contribution in [2.24, 2.45) is 0 Å². The number of aromatic amines is 1. The van der Waals surface area contributed by atoms with E-state index in [0.717, 1.165) is 28.6 Å². The van der Waals surface area contributed by atoms with Gasteiger partial charge in [0.25, 0.3) is 5.91 Å². The summed E-state index contributed by atoms with van der Waals surface area (Å²) in [7, 11) is 0. The lowest BCUT2D eigenvalue weighted by Gasteiger charge is -2.26. The summed E-state index contributed by atoms with van der Waals surface area (Å²) in [6.45, 7) is 1.06. The molecule has 0 fully saturated rings. The molecule has 2 aromatic heterocycles. The second-order valence-electron chi connectivity index (χ2n) is 5.34. The first-order chi connectivity index (χ1) is 10.7. The van der Waals surface area contributed by atoms with Crippen molar-refractivity contribution in [2.75, 3.05) is 6.54 Å². The van der Waals surface area contributed by atoms with E-state index in [0.29, 0.717) is 18.8 Å². The predicted molar refractivity (Wildman–Crippen MR) is 78.7 cm³/mol. The maximum absolute atomic E-state index is 13.5. The Morgan fingerprint density at radius 3 is 3.05 bits per heavy atom. The summed E-state index contributed by atoms with van der Waals surface area (Å²) in [5.41, 5.74) is 3.29. The van der Waals surface area contributed by atoms with Crippen molar-refractivity contribution in [1.82, 2.24) is 19.9 Å². The van der Waals surface area contributed by atoms with Gasteiger partial charge in [-0.25, -0.2) is 9.37 Å². The molecule has 0 saturated carbocycles. The molecule has 3 aromatic rings. The normalized spacial score (nSPS) is 14.1. The van der Waals surface area contributed by atoms with Gasteiger partial charge in [-0.1, -0.05) is 0 Å². The number of hydrogen-bond donors (Lipinski definition) is 1. The van der Waals surface area contributed by atoms with Crippen LogP contribution in [0.2, 0.25) is 0 Å². The summed E-state index contributed by atoms with van der Waals surface area (Å²) in [6.07, 6.45) is 5.22. The summed E-state index contributed by atoms with van der Waals surface area (Å²) < 4.78 is 13.5. The van der Waals surface area contributed by atoms with E-state index in [1.807, 2.05) is 0 Å². The molecule has 0 atom stereocenters. The molecular weight excluding hydrogens is 283 g/mol. The van der Waals surface area contributed by atoms with Crippen molar-refractivity contribution in [3.63, 3.8) is 0 Å². The largest absolute Gasteiger partial charge is 0.358 e. The summed E-state index contributed by atoms with van der Waals surface area (Å²) in [6, 6.07) is 4.69. The van der Waals surface area contributed by atoms with Crippen molar-refractivity contribution in [3.8, 4) is 0 Å². The maximum atomic E-state index is 13.5. The van der Waals surface area contributed by atoms with Crippen LogP contribution in [0.3, 0.4) is 0 Å². The Morgan fingerprint density at radius 2 is 2.23 bits per heavy atom. The van der Waals surface area contributed by atoms with Gasteiger partial charge >= 0.3 is 0 Å². The second kappa shape index (κ2) is 4.91. The summed E-state index contributed by atoms with van der Waals surface area (Å²) in [5, 5.41) is 0.839. The molecule has 110 valence electrons. The third-order valence-corrected chi connectivity index (χ3v) is 4.01. The lowest BCUT2D eigenvalue weighted by molar-refractivity contribution is 0.0728. The Kier molecular flexibility index (Phi) is 2.89. The Labute approximate surface area is 125 Å². The summed E-state index contributed by atoms with van der Waals surface area (Å²) in [5.74, 6) is -0.420. The number of fused-ring (bicyclic) bond motifs is 3. The van der Waals surface area contributed by atoms with Gasteiger partial charge in [0.15, 0.2) is 0 Å². The van der Waals surface area contributed by atoms with E-state index in [9.17, 15) is 9.18 Å². The fraction of sp³-hybridized carbons (Fsp3) is 0.188. The van der Waals surface area contributed by atoms with Crippen LogP contribution in [0, 0.1) is 5.82 Å². The van der Waals surface area contributed by atoms with Gasteiger partial charge in [-0.2, -0.15) is 0 Å². The van der Waals surface area contributed by atoms with Gasteiger partial charge in [0.1, 0.15) is 11.5 Å². The number of rotatable bonds is 1. The van der Waals surface area contributed by atoms with Crippen molar-refractivity contribution < 1.29 is 9.18 Å². The first-order valence-electron chi connectivity index (χ1n) is 7.06. The number of amides is 1. The van der Waals surface area contributed by atoms with Crippen molar-refractivity contribution in [1.29, 1.82) is 0 Å². The highest BCUT2D eigenvalue weighted by Crippen LogP contribution is 2.28. The third kappa shape index (κ3) is 2.04. The molecule has 0 aliphatic carbocycles. The number of nitrogens with one attached hydrogen (secondary N) is 1. The van der Waals surface area contributed by atoms with Gasteiger partial charge in [0.2, 0.25) is 0 Å². The van der Waals surface area contributed by atoms with Crippen LogP contribution < -0.4 is 0 Å². The van der Waals surface area contributed by atoms with Crippen LogP contribution in [0.5, 0.6) is 0 Å². The molecule has 1 aliphatic heterocycles. The number of H-pyrrole nitrogens is 1. The fourth-order valence-electron chi connectivity index (χ4n) is 2.93. The average molecular weight is 296 g/mol. The van der Waals surface area contributed by atoms with Crippen molar-refractivity contribution >= 4 is 16.8 Å². The standard InChI is InChI=1S/C16H13FN4O/c17-10-1-2-13-11(7-10)12-9-21(6-3-14(12)20-13)16(22)15-8-18-4-5-19-15/h1-2,4-5,7-8,20H,3,6,9H2. The van der Waals surface area contributed by atoms with Gasteiger partial charge in [-0.3, -0.25) is 9.78 Å². The molecule has 6 heteroatoms. The number of hydrogen-bond acceptors (Lipinski definition) is 3. The number of carbonyl (C=O) groups excluding carboxylic acids is 1. The first kappa shape index (κ1) is 12.9. The number of nitrogens with zero attached hydrogens (tertiary/aromatic N) is 3. The van der Waals surface area contributed by atoms with Gasteiger partial charge in [0, 0.05) is 54.1 Å². The molecule has 1 amide bonds. The number of halogens is 1. The minimum Gasteiger partial charge on any atom is -0.358 e. The highest BCUT2D eigenvalue weighted by molar-refractivity contribution is 5.93. The van der Waals surface area contributed by atoms with E-state index < -0.39 is 0 Å². The van der Waals surface area contributed by atoms with Crippen LogP contribution in [0.15, 0.2) is 36.8 Å². The molecule has 0 spiro atoms. The number of benzene rings is 1. The predicted octanol–water partition coefficient (Wildman–Crippen LogP) is 2.30. The molecule has 5 nitrogen and oxygen atoms in total. The van der Waals surface area contributed by atoms with Crippen LogP contribution in [-0.2, 0) is 13.0 Å². The molecule has 0 saturated heterocycles. The van der Waals surface area contributed by atoms with Crippen molar-refractivity contribution in [2.45, 2.75) is 13.0 Å². The highest BCUT2D eigenvalue weighted by Gasteiger charge is 2.25. The molecule has 0 bridgehead atoms. The Morgan fingerprint density at radius 1 is 1.32 bits per heavy atom. The molecule has 0 radical (unpaired) electrons. The maximum Gasteiger partial charge on any atom is 0.274 e. The van der Waals surface area contributed by atoms with E-state index in [4.69, 9.17) is 0 Å². The minimum atomic E-state index is -0.272. The summed E-state index contributed by atoms with van der Waals surface area (Å²) >= 11 is 0. The topological polar surface area (TPSA) is 61.9 Å². The van der Waals surface area contributed by atoms with E-state index in [1.165, 1.54) is 30.7 Å².